The van der Waals surface area contributed by atoms with E-state index in [1.807, 2.05) is 31.2 Å². The van der Waals surface area contributed by atoms with Gasteiger partial charge >= 0.3 is 5.63 Å². The maximum atomic E-state index is 12.4. The molecule has 2 aromatic rings. The van der Waals surface area contributed by atoms with E-state index in [4.69, 9.17) is 32.4 Å². The van der Waals surface area contributed by atoms with Crippen LogP contribution in [0.4, 0.5) is 0 Å². The first-order chi connectivity index (χ1) is 15.9. The number of hydrogen-bond donors (Lipinski definition) is 1. The highest BCUT2D eigenvalue weighted by molar-refractivity contribution is 8.00. The second kappa shape index (κ2) is 11.1. The molecule has 2 aliphatic rings. The van der Waals surface area contributed by atoms with Crippen molar-refractivity contribution in [2.24, 2.45) is 5.92 Å². The van der Waals surface area contributed by atoms with Crippen LogP contribution >= 0.6 is 35.0 Å². The number of ether oxygens (including phenoxy) is 1. The zero-order valence-electron chi connectivity index (χ0n) is 18.3. The molecule has 1 aliphatic heterocycles. The van der Waals surface area contributed by atoms with Crippen LogP contribution in [-0.2, 0) is 9.53 Å². The smallest absolute Gasteiger partial charge is 0.336 e. The van der Waals surface area contributed by atoms with Crippen molar-refractivity contribution in [1.29, 1.82) is 0 Å². The number of carbonyl (C=O) groups excluding carboxylic acids is 1. The van der Waals surface area contributed by atoms with Crippen molar-refractivity contribution >= 4 is 51.8 Å². The fraction of sp³-hybridized carbons (Fsp3) is 0.417. The number of thioether (sulfide) groups is 1. The highest BCUT2D eigenvalue weighted by Gasteiger charge is 2.24. The maximum Gasteiger partial charge on any atom is 0.336 e. The summed E-state index contributed by atoms with van der Waals surface area (Å²) < 4.78 is 11.1. The van der Waals surface area contributed by atoms with E-state index in [2.05, 4.69) is 10.2 Å². The number of halogens is 2. The summed E-state index contributed by atoms with van der Waals surface area (Å²) in [5.41, 5.74) is 1.04. The van der Waals surface area contributed by atoms with Gasteiger partial charge in [-0.25, -0.2) is 4.79 Å². The van der Waals surface area contributed by atoms with Crippen LogP contribution in [0, 0.1) is 12.8 Å². The monoisotopic (exact) mass is 508 g/mol. The van der Waals surface area contributed by atoms with Crippen molar-refractivity contribution in [2.45, 2.75) is 24.3 Å². The zero-order chi connectivity index (χ0) is 23.4. The van der Waals surface area contributed by atoms with Gasteiger partial charge in [-0.3, -0.25) is 9.69 Å². The van der Waals surface area contributed by atoms with Crippen molar-refractivity contribution in [3.8, 4) is 0 Å². The molecule has 1 N–H and O–H groups in total. The summed E-state index contributed by atoms with van der Waals surface area (Å²) in [7, 11) is 0. The van der Waals surface area contributed by atoms with Gasteiger partial charge in [0, 0.05) is 42.5 Å². The minimum absolute atomic E-state index is 0.0483. The number of amides is 1. The molecule has 9 heteroatoms. The molecule has 1 saturated heterocycles. The van der Waals surface area contributed by atoms with Gasteiger partial charge in [0.1, 0.15) is 5.58 Å². The van der Waals surface area contributed by atoms with Gasteiger partial charge < -0.3 is 14.5 Å². The first-order valence-corrected chi connectivity index (χ1v) is 12.6. The fourth-order valence-corrected chi connectivity index (χ4v) is 5.22. The van der Waals surface area contributed by atoms with Gasteiger partial charge in [-0.2, -0.15) is 0 Å². The summed E-state index contributed by atoms with van der Waals surface area (Å²) in [4.78, 5) is 27.2. The Hall–Kier alpha value is -1.77. The third kappa shape index (κ3) is 6.64. The number of hydrogen-bond acceptors (Lipinski definition) is 6. The van der Waals surface area contributed by atoms with E-state index >= 15 is 0 Å². The Morgan fingerprint density at radius 3 is 2.94 bits per heavy atom. The lowest BCUT2D eigenvalue weighted by molar-refractivity contribution is -0.119. The van der Waals surface area contributed by atoms with Gasteiger partial charge in [-0.15, -0.1) is 11.8 Å². The SMILES string of the molecule is Cc1cc(=O)oc2cc(SCC(=O)NC[C@H]3CN(CC4C=C(Cl)C(Cl)=CC4)CCO3)ccc12. The maximum absolute atomic E-state index is 12.4. The average Bonchev–Trinajstić information content (AvgIpc) is 2.78. The van der Waals surface area contributed by atoms with E-state index in [-0.39, 0.29) is 23.4 Å². The number of aryl methyl sites for hydroxylation is 1. The van der Waals surface area contributed by atoms with E-state index in [0.717, 1.165) is 41.9 Å². The van der Waals surface area contributed by atoms with Gasteiger partial charge in [0.2, 0.25) is 5.91 Å². The number of morpholine rings is 1. The largest absolute Gasteiger partial charge is 0.423 e. The summed E-state index contributed by atoms with van der Waals surface area (Å²) in [6.07, 6.45) is 4.82. The Labute approximate surface area is 206 Å². The van der Waals surface area contributed by atoms with Crippen LogP contribution in [0.25, 0.3) is 11.0 Å². The van der Waals surface area contributed by atoms with Crippen molar-refractivity contribution in [1.82, 2.24) is 10.2 Å². The average molecular weight is 509 g/mol. The molecule has 2 heterocycles. The molecule has 4 rings (SSSR count). The number of nitrogens with zero attached hydrogens (tertiary/aromatic N) is 1. The van der Waals surface area contributed by atoms with E-state index in [1.165, 1.54) is 17.8 Å². The van der Waals surface area contributed by atoms with Gasteiger partial charge in [0.15, 0.2) is 0 Å². The summed E-state index contributed by atoms with van der Waals surface area (Å²) in [6.45, 7) is 5.49. The predicted octanol–water partition coefficient (Wildman–Crippen LogP) is 4.28. The summed E-state index contributed by atoms with van der Waals surface area (Å²) >= 11 is 13.6. The summed E-state index contributed by atoms with van der Waals surface area (Å²) in [6, 6.07) is 7.13. The molecular formula is C24H26Cl2N2O4S. The predicted molar refractivity (Wildman–Crippen MR) is 133 cm³/mol. The van der Waals surface area contributed by atoms with Crippen LogP contribution in [0.2, 0.25) is 0 Å². The Morgan fingerprint density at radius 1 is 1.27 bits per heavy atom. The minimum atomic E-state index is -0.371. The molecule has 0 saturated carbocycles. The topological polar surface area (TPSA) is 71.8 Å². The van der Waals surface area contributed by atoms with E-state index < -0.39 is 0 Å². The normalized spacial score (nSPS) is 21.5. The highest BCUT2D eigenvalue weighted by Crippen LogP contribution is 2.29. The number of allylic oxidation sites excluding steroid dienone is 3. The van der Waals surface area contributed by atoms with Crippen LogP contribution < -0.4 is 10.9 Å². The van der Waals surface area contributed by atoms with E-state index in [1.54, 1.807) is 6.07 Å². The Kier molecular flexibility index (Phi) is 8.20. The molecule has 6 nitrogen and oxygen atoms in total. The molecular weight excluding hydrogens is 483 g/mol. The molecule has 1 fully saturated rings. The van der Waals surface area contributed by atoms with E-state index in [9.17, 15) is 9.59 Å². The van der Waals surface area contributed by atoms with Crippen LogP contribution in [0.3, 0.4) is 0 Å². The molecule has 1 unspecified atom stereocenters. The molecule has 1 aromatic carbocycles. The Bertz CT molecular complexity index is 1150. The second-order valence-electron chi connectivity index (χ2n) is 8.31. The Balaban J connectivity index is 1.23. The lowest BCUT2D eigenvalue weighted by Gasteiger charge is -2.35. The van der Waals surface area contributed by atoms with Crippen molar-refractivity contribution in [3.63, 3.8) is 0 Å². The molecule has 1 aromatic heterocycles. The van der Waals surface area contributed by atoms with Crippen LogP contribution in [0.1, 0.15) is 12.0 Å². The molecule has 0 bridgehead atoms. The van der Waals surface area contributed by atoms with Crippen LogP contribution in [0.5, 0.6) is 0 Å². The van der Waals surface area contributed by atoms with Gasteiger partial charge in [0.05, 0.1) is 28.5 Å². The van der Waals surface area contributed by atoms with Crippen molar-refractivity contribution in [3.05, 3.63) is 62.5 Å². The van der Waals surface area contributed by atoms with Crippen LogP contribution in [0.15, 0.2) is 60.6 Å². The third-order valence-electron chi connectivity index (χ3n) is 5.75. The minimum Gasteiger partial charge on any atom is -0.423 e. The van der Waals surface area contributed by atoms with Crippen molar-refractivity contribution < 1.29 is 13.9 Å². The highest BCUT2D eigenvalue weighted by atomic mass is 35.5. The molecule has 0 radical (unpaired) electrons. The number of carbonyl (C=O) groups is 1. The molecule has 2 atom stereocenters. The molecule has 1 aliphatic carbocycles. The molecule has 0 spiro atoms. The number of benzene rings is 1. The lowest BCUT2D eigenvalue weighted by atomic mass is 9.99. The number of rotatable bonds is 7. The van der Waals surface area contributed by atoms with Gasteiger partial charge in [0.25, 0.3) is 0 Å². The number of fused-ring (bicyclic) bond motifs is 1. The summed E-state index contributed by atoms with van der Waals surface area (Å²) in [5.74, 6) is 0.546. The van der Waals surface area contributed by atoms with Gasteiger partial charge in [-0.05, 0) is 43.0 Å². The quantitative estimate of drug-likeness (QED) is 0.444. The zero-order valence-corrected chi connectivity index (χ0v) is 20.6. The second-order valence-corrected chi connectivity index (χ2v) is 10.2. The van der Waals surface area contributed by atoms with Gasteiger partial charge in [-0.1, -0.05) is 35.4 Å². The Morgan fingerprint density at radius 2 is 2.12 bits per heavy atom. The number of nitrogens with one attached hydrogen (secondary N) is 1. The molecule has 33 heavy (non-hydrogen) atoms. The first-order valence-electron chi connectivity index (χ1n) is 10.9. The lowest BCUT2D eigenvalue weighted by Crippen LogP contribution is -2.48. The standard InChI is InChI=1S/C24H26Cl2N2O4S/c1-15-8-24(30)32-22-10-18(3-4-19(15)22)33-14-23(29)27-11-17-13-28(6-7-31-17)12-16-2-5-20(25)21(26)9-16/h3-5,8-10,16-17H,2,6-7,11-14H2,1H3,(H,27,29)/t16?,17-/m0/s1. The first kappa shape index (κ1) is 24.4. The summed E-state index contributed by atoms with van der Waals surface area (Å²) in [5, 5.41) is 5.10. The van der Waals surface area contributed by atoms with Crippen LogP contribution in [-0.4, -0.2) is 55.4 Å². The molecule has 176 valence electrons. The third-order valence-corrected chi connectivity index (χ3v) is 7.52. The fourth-order valence-electron chi connectivity index (χ4n) is 4.06. The van der Waals surface area contributed by atoms with Crippen molar-refractivity contribution in [2.75, 3.05) is 38.5 Å². The van der Waals surface area contributed by atoms with E-state index in [0.29, 0.717) is 34.7 Å². The molecule has 1 amide bonds.